The zero-order chi connectivity index (χ0) is 18.2. The number of hydrogen-bond acceptors (Lipinski definition) is 4. The molecular formula is C21H34N2O3. The average Bonchev–Trinajstić information content (AvgIpc) is 3.22. The van der Waals surface area contributed by atoms with Crippen LogP contribution in [0.1, 0.15) is 63.7 Å². The Balaban J connectivity index is 1.48. The van der Waals surface area contributed by atoms with Crippen molar-refractivity contribution in [2.75, 3.05) is 32.8 Å². The third kappa shape index (κ3) is 5.34. The van der Waals surface area contributed by atoms with E-state index in [0.29, 0.717) is 6.54 Å². The molecule has 2 heterocycles. The molecule has 1 saturated heterocycles. The van der Waals surface area contributed by atoms with Crippen LogP contribution in [0.25, 0.3) is 0 Å². The van der Waals surface area contributed by atoms with Crippen molar-refractivity contribution in [3.05, 3.63) is 24.2 Å². The lowest BCUT2D eigenvalue weighted by Gasteiger charge is -2.34. The van der Waals surface area contributed by atoms with E-state index >= 15 is 0 Å². The van der Waals surface area contributed by atoms with Gasteiger partial charge in [-0.25, -0.2) is 0 Å². The Morgan fingerprint density at radius 2 is 2.04 bits per heavy atom. The summed E-state index contributed by atoms with van der Waals surface area (Å²) in [5, 5.41) is 3.21. The van der Waals surface area contributed by atoms with Crippen molar-refractivity contribution in [3.63, 3.8) is 0 Å². The van der Waals surface area contributed by atoms with Gasteiger partial charge in [0.05, 0.1) is 25.5 Å². The highest BCUT2D eigenvalue weighted by atomic mass is 16.5. The maximum Gasteiger partial charge on any atom is 0.223 e. The predicted octanol–water partition coefficient (Wildman–Crippen LogP) is 3.77. The molecule has 26 heavy (non-hydrogen) atoms. The van der Waals surface area contributed by atoms with Crippen LogP contribution in [-0.2, 0) is 9.53 Å². The van der Waals surface area contributed by atoms with Crippen LogP contribution >= 0.6 is 0 Å². The van der Waals surface area contributed by atoms with Gasteiger partial charge in [-0.15, -0.1) is 0 Å². The normalized spacial score (nSPS) is 25.7. The Morgan fingerprint density at radius 3 is 2.69 bits per heavy atom. The van der Waals surface area contributed by atoms with Crippen LogP contribution in [0.2, 0.25) is 0 Å². The molecule has 1 aliphatic carbocycles. The Morgan fingerprint density at radius 1 is 1.27 bits per heavy atom. The lowest BCUT2D eigenvalue weighted by Crippen LogP contribution is -2.44. The largest absolute Gasteiger partial charge is 0.468 e. The molecule has 1 atom stereocenters. The smallest absolute Gasteiger partial charge is 0.223 e. The van der Waals surface area contributed by atoms with Gasteiger partial charge in [-0.05, 0) is 43.7 Å². The second-order valence-electron chi connectivity index (χ2n) is 7.78. The molecule has 2 fully saturated rings. The summed E-state index contributed by atoms with van der Waals surface area (Å²) in [5.41, 5.74) is 0. The Hall–Kier alpha value is -1.33. The Kier molecular flexibility index (Phi) is 7.56. The number of carbonyl (C=O) groups excluding carboxylic acids is 1. The number of morpholine rings is 1. The highest BCUT2D eigenvalue weighted by molar-refractivity contribution is 5.78. The number of carbonyl (C=O) groups is 1. The van der Waals surface area contributed by atoms with Crippen LogP contribution in [0.15, 0.2) is 22.8 Å². The van der Waals surface area contributed by atoms with E-state index in [0.717, 1.165) is 50.8 Å². The second kappa shape index (κ2) is 10.1. The summed E-state index contributed by atoms with van der Waals surface area (Å²) >= 11 is 0. The molecule has 5 nitrogen and oxygen atoms in total. The van der Waals surface area contributed by atoms with Gasteiger partial charge in [0, 0.05) is 25.6 Å². The fraction of sp³-hybridized carbons (Fsp3) is 0.762. The van der Waals surface area contributed by atoms with Gasteiger partial charge in [0.25, 0.3) is 0 Å². The lowest BCUT2D eigenvalue weighted by molar-refractivity contribution is -0.126. The quantitative estimate of drug-likeness (QED) is 0.765. The molecule has 0 bridgehead atoms. The van der Waals surface area contributed by atoms with E-state index < -0.39 is 0 Å². The van der Waals surface area contributed by atoms with Gasteiger partial charge in [0.15, 0.2) is 0 Å². The van der Waals surface area contributed by atoms with Crippen LogP contribution in [0, 0.1) is 11.8 Å². The molecular weight excluding hydrogens is 328 g/mol. The zero-order valence-electron chi connectivity index (χ0n) is 16.1. The molecule has 5 heteroatoms. The number of furan rings is 1. The van der Waals surface area contributed by atoms with Gasteiger partial charge < -0.3 is 14.5 Å². The first-order chi connectivity index (χ1) is 12.8. The van der Waals surface area contributed by atoms with E-state index in [-0.39, 0.29) is 17.9 Å². The van der Waals surface area contributed by atoms with Crippen molar-refractivity contribution >= 4 is 5.91 Å². The molecule has 1 N–H and O–H groups in total. The van der Waals surface area contributed by atoms with Crippen molar-refractivity contribution in [2.24, 2.45) is 11.8 Å². The molecule has 0 spiro atoms. The predicted molar refractivity (Wildman–Crippen MR) is 102 cm³/mol. The number of unbranched alkanes of at least 4 members (excludes halogenated alkanes) is 1. The molecule has 1 aromatic heterocycles. The van der Waals surface area contributed by atoms with Gasteiger partial charge in [-0.1, -0.05) is 26.2 Å². The summed E-state index contributed by atoms with van der Waals surface area (Å²) in [6.07, 6.45) is 10.2. The number of ether oxygens (including phenoxy) is 1. The summed E-state index contributed by atoms with van der Waals surface area (Å²) in [6, 6.07) is 4.02. The molecule has 1 aliphatic heterocycles. The van der Waals surface area contributed by atoms with E-state index in [1.807, 2.05) is 12.1 Å². The highest BCUT2D eigenvalue weighted by Gasteiger charge is 2.29. The number of amides is 1. The van der Waals surface area contributed by atoms with Crippen molar-refractivity contribution in [2.45, 2.75) is 57.9 Å². The van der Waals surface area contributed by atoms with E-state index in [4.69, 9.17) is 9.15 Å². The monoisotopic (exact) mass is 362 g/mol. The highest BCUT2D eigenvalue weighted by Crippen LogP contribution is 2.32. The summed E-state index contributed by atoms with van der Waals surface area (Å²) in [6.45, 7) is 6.11. The Bertz CT molecular complexity index is 517. The Labute approximate surface area is 157 Å². The summed E-state index contributed by atoms with van der Waals surface area (Å²) in [4.78, 5) is 15.0. The SMILES string of the molecule is CCCCC1CCC(C(=O)NC[C@H](c2ccco2)N2CCOCC2)CC1. The fourth-order valence-corrected chi connectivity index (χ4v) is 4.33. The molecule has 3 rings (SSSR count). The first-order valence-electron chi connectivity index (χ1n) is 10.4. The van der Waals surface area contributed by atoms with Gasteiger partial charge in [0.2, 0.25) is 5.91 Å². The van der Waals surface area contributed by atoms with E-state index in [1.54, 1.807) is 6.26 Å². The van der Waals surface area contributed by atoms with Crippen LogP contribution < -0.4 is 5.32 Å². The van der Waals surface area contributed by atoms with Crippen molar-refractivity contribution in [1.82, 2.24) is 10.2 Å². The molecule has 2 aliphatic rings. The van der Waals surface area contributed by atoms with Gasteiger partial charge in [-0.2, -0.15) is 0 Å². The minimum atomic E-state index is 0.0961. The molecule has 0 radical (unpaired) electrons. The number of nitrogens with zero attached hydrogens (tertiary/aromatic N) is 1. The zero-order valence-corrected chi connectivity index (χ0v) is 16.1. The first-order valence-corrected chi connectivity index (χ1v) is 10.4. The standard InChI is InChI=1S/C21H34N2O3/c1-2-3-5-17-7-9-18(10-8-17)21(24)22-16-19(20-6-4-13-26-20)23-11-14-25-15-12-23/h4,6,13,17-19H,2-3,5,7-12,14-16H2,1H3,(H,22,24)/t17?,18?,19-/m1/s1. The van der Waals surface area contributed by atoms with Gasteiger partial charge in [0.1, 0.15) is 5.76 Å². The molecule has 1 amide bonds. The van der Waals surface area contributed by atoms with Crippen LogP contribution in [0.5, 0.6) is 0 Å². The fourth-order valence-electron chi connectivity index (χ4n) is 4.33. The minimum absolute atomic E-state index is 0.0961. The molecule has 1 aromatic rings. The van der Waals surface area contributed by atoms with Crippen LogP contribution in [0.4, 0.5) is 0 Å². The molecule has 0 aromatic carbocycles. The van der Waals surface area contributed by atoms with E-state index in [1.165, 1.54) is 32.1 Å². The summed E-state index contributed by atoms with van der Waals surface area (Å²) in [5.74, 6) is 2.18. The van der Waals surface area contributed by atoms with Crippen LogP contribution in [0.3, 0.4) is 0 Å². The summed E-state index contributed by atoms with van der Waals surface area (Å²) in [7, 11) is 0. The van der Waals surface area contributed by atoms with Gasteiger partial charge >= 0.3 is 0 Å². The number of hydrogen-bond donors (Lipinski definition) is 1. The van der Waals surface area contributed by atoms with E-state index in [9.17, 15) is 4.79 Å². The third-order valence-electron chi connectivity index (χ3n) is 6.01. The van der Waals surface area contributed by atoms with Gasteiger partial charge in [-0.3, -0.25) is 9.69 Å². The number of nitrogens with one attached hydrogen (secondary N) is 1. The van der Waals surface area contributed by atoms with Crippen molar-refractivity contribution < 1.29 is 13.9 Å². The maximum absolute atomic E-state index is 12.7. The molecule has 0 unspecified atom stereocenters. The van der Waals surface area contributed by atoms with E-state index in [2.05, 4.69) is 17.1 Å². The summed E-state index contributed by atoms with van der Waals surface area (Å²) < 4.78 is 11.1. The topological polar surface area (TPSA) is 54.7 Å². The van der Waals surface area contributed by atoms with Crippen molar-refractivity contribution in [3.8, 4) is 0 Å². The van der Waals surface area contributed by atoms with Crippen molar-refractivity contribution in [1.29, 1.82) is 0 Å². The van der Waals surface area contributed by atoms with Crippen LogP contribution in [-0.4, -0.2) is 43.7 Å². The third-order valence-corrected chi connectivity index (χ3v) is 6.01. The molecule has 146 valence electrons. The lowest BCUT2D eigenvalue weighted by atomic mass is 9.79. The number of rotatable bonds is 8. The first kappa shape index (κ1) is 19.4. The molecule has 1 saturated carbocycles. The maximum atomic E-state index is 12.7. The minimum Gasteiger partial charge on any atom is -0.468 e. The second-order valence-corrected chi connectivity index (χ2v) is 7.78. The average molecular weight is 363 g/mol.